The van der Waals surface area contributed by atoms with Crippen LogP contribution < -0.4 is 4.90 Å². The standard InChI is InChI=1S/C25H47NO5SSi/c1-24(2,3)33(7,8)31-19-22-15-21(18-27)16-23(17-22)26(20-25(4,5)32)9-10-29-13-14-30-12-11-28-6/h15-17,27,32H,9-14,18-20H2,1-8H3. The van der Waals surface area contributed by atoms with E-state index in [2.05, 4.69) is 58.7 Å². The van der Waals surface area contributed by atoms with Crippen LogP contribution in [-0.4, -0.2) is 71.4 Å². The van der Waals surface area contributed by atoms with Crippen LogP contribution in [-0.2, 0) is 31.9 Å². The summed E-state index contributed by atoms with van der Waals surface area (Å²) in [6.07, 6.45) is 0. The van der Waals surface area contributed by atoms with Crippen molar-refractivity contribution in [2.45, 2.75) is 70.7 Å². The Bertz CT molecular complexity index is 688. The maximum absolute atomic E-state index is 9.88. The number of aliphatic hydroxyl groups is 1. The van der Waals surface area contributed by atoms with Crippen molar-refractivity contribution < 1.29 is 23.7 Å². The molecule has 0 radical (unpaired) electrons. The van der Waals surface area contributed by atoms with Gasteiger partial charge in [-0.1, -0.05) is 26.8 Å². The van der Waals surface area contributed by atoms with E-state index in [4.69, 9.17) is 31.3 Å². The predicted molar refractivity (Wildman–Crippen MR) is 143 cm³/mol. The van der Waals surface area contributed by atoms with Gasteiger partial charge in [0.15, 0.2) is 8.32 Å². The number of nitrogens with zero attached hydrogens (tertiary/aromatic N) is 1. The number of benzene rings is 1. The molecule has 0 aromatic heterocycles. The van der Waals surface area contributed by atoms with Gasteiger partial charge in [0.2, 0.25) is 0 Å². The normalized spacial score (nSPS) is 12.9. The molecule has 0 aliphatic carbocycles. The molecule has 0 aliphatic rings. The van der Waals surface area contributed by atoms with Crippen LogP contribution in [0, 0.1) is 0 Å². The van der Waals surface area contributed by atoms with Crippen LogP contribution in [0.2, 0.25) is 18.1 Å². The van der Waals surface area contributed by atoms with Crippen LogP contribution >= 0.6 is 12.6 Å². The molecule has 0 saturated heterocycles. The zero-order valence-corrected chi connectivity index (χ0v) is 24.0. The Morgan fingerprint density at radius 2 is 1.48 bits per heavy atom. The maximum Gasteiger partial charge on any atom is 0.192 e. The lowest BCUT2D eigenvalue weighted by Crippen LogP contribution is -2.40. The van der Waals surface area contributed by atoms with Crippen molar-refractivity contribution in [2.24, 2.45) is 0 Å². The molecule has 0 saturated carbocycles. The van der Waals surface area contributed by atoms with Gasteiger partial charge >= 0.3 is 0 Å². The molecule has 1 aromatic rings. The summed E-state index contributed by atoms with van der Waals surface area (Å²) in [6, 6.07) is 6.25. The Morgan fingerprint density at radius 3 is 2.03 bits per heavy atom. The number of ether oxygens (including phenoxy) is 3. The van der Waals surface area contributed by atoms with Gasteiger partial charge in [-0.3, -0.25) is 0 Å². The molecule has 192 valence electrons. The van der Waals surface area contributed by atoms with E-state index in [1.165, 1.54) is 0 Å². The predicted octanol–water partition coefficient (Wildman–Crippen LogP) is 4.90. The highest BCUT2D eigenvalue weighted by Crippen LogP contribution is 2.37. The van der Waals surface area contributed by atoms with Crippen LogP contribution in [0.4, 0.5) is 5.69 Å². The third kappa shape index (κ3) is 12.1. The number of hydrogen-bond acceptors (Lipinski definition) is 7. The van der Waals surface area contributed by atoms with Crippen molar-refractivity contribution in [1.82, 2.24) is 0 Å². The monoisotopic (exact) mass is 501 g/mol. The highest BCUT2D eigenvalue weighted by molar-refractivity contribution is 7.81. The summed E-state index contributed by atoms with van der Waals surface area (Å²) in [4.78, 5) is 2.27. The van der Waals surface area contributed by atoms with Crippen molar-refractivity contribution >= 4 is 26.6 Å². The van der Waals surface area contributed by atoms with Crippen molar-refractivity contribution in [1.29, 1.82) is 0 Å². The highest BCUT2D eigenvalue weighted by atomic mass is 32.1. The molecule has 33 heavy (non-hydrogen) atoms. The molecule has 0 bridgehead atoms. The SMILES string of the molecule is COCCOCCOCCN(CC(C)(C)S)c1cc(CO)cc(CO[Si](C)(C)C(C)(C)C)c1. The summed E-state index contributed by atoms with van der Waals surface area (Å²) in [5.41, 5.74) is 3.02. The van der Waals surface area contributed by atoms with E-state index in [0.717, 1.165) is 29.9 Å². The van der Waals surface area contributed by atoms with Gasteiger partial charge in [0, 0.05) is 30.6 Å². The maximum atomic E-state index is 9.88. The quantitative estimate of drug-likeness (QED) is 0.191. The fraction of sp³-hybridized carbons (Fsp3) is 0.760. The second-order valence-corrected chi connectivity index (χ2v) is 16.7. The van der Waals surface area contributed by atoms with E-state index < -0.39 is 8.32 Å². The van der Waals surface area contributed by atoms with Crippen LogP contribution in [0.5, 0.6) is 0 Å². The van der Waals surface area contributed by atoms with Crippen LogP contribution in [0.1, 0.15) is 45.7 Å². The highest BCUT2D eigenvalue weighted by Gasteiger charge is 2.37. The zero-order valence-electron chi connectivity index (χ0n) is 22.1. The molecule has 8 heteroatoms. The molecule has 1 rings (SSSR count). The van der Waals surface area contributed by atoms with Crippen LogP contribution in [0.25, 0.3) is 0 Å². The number of aliphatic hydroxyl groups excluding tert-OH is 1. The molecule has 6 nitrogen and oxygen atoms in total. The Labute approximate surface area is 208 Å². The van der Waals surface area contributed by atoms with Crippen molar-refractivity contribution in [3.8, 4) is 0 Å². The molecule has 0 atom stereocenters. The first-order valence-corrected chi connectivity index (χ1v) is 15.1. The van der Waals surface area contributed by atoms with E-state index in [9.17, 15) is 5.11 Å². The molecule has 1 aromatic carbocycles. The van der Waals surface area contributed by atoms with Crippen LogP contribution in [0.15, 0.2) is 18.2 Å². The van der Waals surface area contributed by atoms with Gasteiger partial charge in [0.1, 0.15) is 0 Å². The third-order valence-corrected chi connectivity index (χ3v) is 10.5. The number of methoxy groups -OCH3 is 1. The van der Waals surface area contributed by atoms with Crippen LogP contribution in [0.3, 0.4) is 0 Å². The second-order valence-electron chi connectivity index (χ2n) is 10.7. The van der Waals surface area contributed by atoms with Gasteiger partial charge in [-0.25, -0.2) is 0 Å². The molecule has 0 unspecified atom stereocenters. The molecule has 0 amide bonds. The van der Waals surface area contributed by atoms with Gasteiger partial charge in [-0.15, -0.1) is 0 Å². The molecule has 1 N–H and O–H groups in total. The Balaban J connectivity index is 2.88. The second kappa shape index (κ2) is 14.1. The summed E-state index contributed by atoms with van der Waals surface area (Å²) in [5.74, 6) is 0. The van der Waals surface area contributed by atoms with Crippen molar-refractivity contribution in [3.05, 3.63) is 29.3 Å². The summed E-state index contributed by atoms with van der Waals surface area (Å²) in [7, 11) is -0.208. The molecular weight excluding hydrogens is 454 g/mol. The Kier molecular flexibility index (Phi) is 13.0. The molecular formula is C25H47NO5SSi. The number of hydrogen-bond donors (Lipinski definition) is 2. The lowest BCUT2D eigenvalue weighted by atomic mass is 10.1. The fourth-order valence-electron chi connectivity index (χ4n) is 2.99. The van der Waals surface area contributed by atoms with Crippen molar-refractivity contribution in [3.63, 3.8) is 0 Å². The Hall–Kier alpha value is -0.613. The van der Waals surface area contributed by atoms with Gasteiger partial charge in [0.25, 0.3) is 0 Å². The smallest absolute Gasteiger partial charge is 0.192 e. The van der Waals surface area contributed by atoms with Gasteiger partial charge in [-0.05, 0) is 55.2 Å². The van der Waals surface area contributed by atoms with Crippen molar-refractivity contribution in [2.75, 3.05) is 58.1 Å². The fourth-order valence-corrected chi connectivity index (χ4v) is 4.12. The van der Waals surface area contributed by atoms with E-state index in [0.29, 0.717) is 39.6 Å². The summed E-state index contributed by atoms with van der Waals surface area (Å²) in [5, 5.41) is 10.0. The lowest BCUT2D eigenvalue weighted by Gasteiger charge is -2.36. The number of thiol groups is 1. The number of anilines is 1. The average molecular weight is 502 g/mol. The van der Waals surface area contributed by atoms with Gasteiger partial charge in [-0.2, -0.15) is 12.6 Å². The van der Waals surface area contributed by atoms with E-state index in [1.54, 1.807) is 7.11 Å². The summed E-state index contributed by atoms with van der Waals surface area (Å²) >= 11 is 4.76. The first-order chi connectivity index (χ1) is 15.3. The first-order valence-electron chi connectivity index (χ1n) is 11.8. The topological polar surface area (TPSA) is 60.4 Å². The largest absolute Gasteiger partial charge is 0.413 e. The average Bonchev–Trinajstić information content (AvgIpc) is 2.71. The zero-order chi connectivity index (χ0) is 25.1. The molecule has 0 fully saturated rings. The minimum absolute atomic E-state index is 0.00560. The first kappa shape index (κ1) is 30.4. The third-order valence-electron chi connectivity index (χ3n) is 5.88. The van der Waals surface area contributed by atoms with Gasteiger partial charge < -0.3 is 28.6 Å². The minimum atomic E-state index is -1.87. The Morgan fingerprint density at radius 1 is 0.909 bits per heavy atom. The number of rotatable bonds is 16. The lowest BCUT2D eigenvalue weighted by molar-refractivity contribution is 0.0264. The van der Waals surface area contributed by atoms with E-state index >= 15 is 0 Å². The van der Waals surface area contributed by atoms with E-state index in [1.807, 2.05) is 12.1 Å². The summed E-state index contributed by atoms with van der Waals surface area (Å²) in [6.45, 7) is 20.3. The van der Waals surface area contributed by atoms with E-state index in [-0.39, 0.29) is 16.4 Å². The molecule has 0 heterocycles. The molecule has 0 spiro atoms. The molecule has 0 aliphatic heterocycles. The van der Waals surface area contributed by atoms with Gasteiger partial charge in [0.05, 0.1) is 46.2 Å². The summed E-state index contributed by atoms with van der Waals surface area (Å²) < 4.78 is 22.5. The minimum Gasteiger partial charge on any atom is -0.413 e.